The molecule has 1 aromatic rings. The Morgan fingerprint density at radius 1 is 1.38 bits per heavy atom. The molecule has 0 spiro atoms. The third kappa shape index (κ3) is 6.34. The van der Waals surface area contributed by atoms with E-state index in [0.29, 0.717) is 17.2 Å². The van der Waals surface area contributed by atoms with Gasteiger partial charge >= 0.3 is 17.8 Å². The quantitative estimate of drug-likeness (QED) is 0.358. The standard InChI is InChI=1S/C16H18ClN3O6/c17-11-3-4-13(26-9-14(21)22)10(6-11)7-19-20-16(24)15(23)18-8-12-2-1-5-25-12/h3-4,6-7,12H,1-2,5,8-9H2,(H,18,23)(H,20,24)(H,21,22)/b19-7-/t12-/m1/s1. The zero-order valence-corrected chi connectivity index (χ0v) is 14.5. The highest BCUT2D eigenvalue weighted by Gasteiger charge is 2.19. The van der Waals surface area contributed by atoms with Gasteiger partial charge in [0.15, 0.2) is 6.61 Å². The molecule has 1 aromatic carbocycles. The van der Waals surface area contributed by atoms with E-state index in [2.05, 4.69) is 15.8 Å². The molecular weight excluding hydrogens is 366 g/mol. The van der Waals surface area contributed by atoms with Crippen molar-refractivity contribution in [2.24, 2.45) is 5.10 Å². The second kappa shape index (κ2) is 9.73. The molecule has 0 saturated carbocycles. The molecule has 26 heavy (non-hydrogen) atoms. The lowest BCUT2D eigenvalue weighted by Crippen LogP contribution is -2.41. The molecule has 3 N–H and O–H groups in total. The minimum Gasteiger partial charge on any atom is -0.481 e. The maximum Gasteiger partial charge on any atom is 0.341 e. The van der Waals surface area contributed by atoms with Crippen molar-refractivity contribution in [3.8, 4) is 5.75 Å². The predicted molar refractivity (Wildman–Crippen MR) is 92.3 cm³/mol. The highest BCUT2D eigenvalue weighted by atomic mass is 35.5. The van der Waals surface area contributed by atoms with Crippen molar-refractivity contribution in [2.75, 3.05) is 19.8 Å². The van der Waals surface area contributed by atoms with E-state index in [-0.39, 0.29) is 18.4 Å². The molecule has 9 nitrogen and oxygen atoms in total. The number of halogens is 1. The van der Waals surface area contributed by atoms with E-state index in [4.69, 9.17) is 26.2 Å². The third-order valence-corrected chi connectivity index (χ3v) is 3.65. The number of benzene rings is 1. The van der Waals surface area contributed by atoms with E-state index in [9.17, 15) is 14.4 Å². The molecule has 140 valence electrons. The van der Waals surface area contributed by atoms with Gasteiger partial charge in [-0.3, -0.25) is 9.59 Å². The first-order valence-electron chi connectivity index (χ1n) is 7.82. The Bertz CT molecular complexity index is 703. The number of amides is 2. The summed E-state index contributed by atoms with van der Waals surface area (Å²) in [6.45, 7) is 0.376. The zero-order chi connectivity index (χ0) is 18.9. The fraction of sp³-hybridized carbons (Fsp3) is 0.375. The highest BCUT2D eigenvalue weighted by Crippen LogP contribution is 2.21. The lowest BCUT2D eigenvalue weighted by atomic mass is 10.2. The molecule has 2 amide bonds. The second-order valence-electron chi connectivity index (χ2n) is 5.41. The molecule has 0 aliphatic carbocycles. The number of hydrogen-bond donors (Lipinski definition) is 3. The predicted octanol–water partition coefficient (Wildman–Crippen LogP) is 0.549. The molecule has 1 heterocycles. The lowest BCUT2D eigenvalue weighted by molar-refractivity contribution is -0.139. The van der Waals surface area contributed by atoms with Gasteiger partial charge < -0.3 is 19.9 Å². The molecule has 10 heteroatoms. The Kier molecular flexibility index (Phi) is 7.37. The number of rotatable bonds is 7. The largest absolute Gasteiger partial charge is 0.481 e. The Hall–Kier alpha value is -2.65. The minimum absolute atomic E-state index is 0.0735. The van der Waals surface area contributed by atoms with Gasteiger partial charge in [0.05, 0.1) is 12.3 Å². The summed E-state index contributed by atoms with van der Waals surface area (Å²) in [7, 11) is 0. The summed E-state index contributed by atoms with van der Waals surface area (Å²) in [6, 6.07) is 4.47. The van der Waals surface area contributed by atoms with Crippen LogP contribution in [0.4, 0.5) is 0 Å². The number of hydrogen-bond acceptors (Lipinski definition) is 6. The van der Waals surface area contributed by atoms with Crippen LogP contribution in [0.5, 0.6) is 5.75 Å². The van der Waals surface area contributed by atoms with Gasteiger partial charge in [0.2, 0.25) is 0 Å². The number of carbonyl (C=O) groups excluding carboxylic acids is 2. The first-order valence-corrected chi connectivity index (χ1v) is 8.20. The number of nitrogens with zero attached hydrogens (tertiary/aromatic N) is 1. The number of carboxylic acid groups (broad SMARTS) is 1. The number of carbonyl (C=O) groups is 3. The maximum atomic E-state index is 11.7. The maximum absolute atomic E-state index is 11.7. The number of aliphatic carboxylic acids is 1. The van der Waals surface area contributed by atoms with Crippen LogP contribution in [-0.4, -0.2) is 55.0 Å². The van der Waals surface area contributed by atoms with Gasteiger partial charge in [-0.2, -0.15) is 5.10 Å². The summed E-state index contributed by atoms with van der Waals surface area (Å²) in [5, 5.41) is 15.2. The minimum atomic E-state index is -1.14. The van der Waals surface area contributed by atoms with E-state index in [1.807, 2.05) is 0 Å². The summed E-state index contributed by atoms with van der Waals surface area (Å²) >= 11 is 5.88. The van der Waals surface area contributed by atoms with Crippen LogP contribution in [0.25, 0.3) is 0 Å². The zero-order valence-electron chi connectivity index (χ0n) is 13.7. The topological polar surface area (TPSA) is 126 Å². The van der Waals surface area contributed by atoms with Crippen molar-refractivity contribution >= 4 is 35.6 Å². The van der Waals surface area contributed by atoms with Crippen LogP contribution < -0.4 is 15.5 Å². The summed E-state index contributed by atoms with van der Waals surface area (Å²) in [5.74, 6) is -2.68. The van der Waals surface area contributed by atoms with E-state index >= 15 is 0 Å². The number of carboxylic acids is 1. The van der Waals surface area contributed by atoms with Crippen molar-refractivity contribution in [3.05, 3.63) is 28.8 Å². The van der Waals surface area contributed by atoms with Crippen molar-refractivity contribution in [1.29, 1.82) is 0 Å². The number of nitrogens with one attached hydrogen (secondary N) is 2. The molecule has 1 fully saturated rings. The van der Waals surface area contributed by atoms with Crippen LogP contribution in [0.15, 0.2) is 23.3 Å². The van der Waals surface area contributed by atoms with E-state index in [1.54, 1.807) is 0 Å². The Morgan fingerprint density at radius 2 is 2.19 bits per heavy atom. The summed E-state index contributed by atoms with van der Waals surface area (Å²) in [6.07, 6.45) is 2.90. The SMILES string of the molecule is O=C(O)COc1ccc(Cl)cc1/C=N\NC(=O)C(=O)NC[C@H]1CCCO1. The van der Waals surface area contributed by atoms with E-state index in [0.717, 1.165) is 12.8 Å². The molecule has 1 atom stereocenters. The molecule has 1 saturated heterocycles. The number of hydrazone groups is 1. The van der Waals surface area contributed by atoms with Gasteiger partial charge in [-0.05, 0) is 31.0 Å². The summed E-state index contributed by atoms with van der Waals surface area (Å²) in [5.41, 5.74) is 2.43. The fourth-order valence-electron chi connectivity index (χ4n) is 2.19. The van der Waals surface area contributed by atoms with Crippen LogP contribution >= 0.6 is 11.6 Å². The summed E-state index contributed by atoms with van der Waals surface area (Å²) in [4.78, 5) is 34.0. The molecule has 0 bridgehead atoms. The Labute approximate surface area is 154 Å². The molecule has 0 radical (unpaired) electrons. The monoisotopic (exact) mass is 383 g/mol. The van der Waals surface area contributed by atoms with Crippen LogP contribution in [0.2, 0.25) is 5.02 Å². The summed E-state index contributed by atoms with van der Waals surface area (Å²) < 4.78 is 10.4. The van der Waals surface area contributed by atoms with Crippen molar-refractivity contribution in [1.82, 2.24) is 10.7 Å². The van der Waals surface area contributed by atoms with Gasteiger partial charge in [-0.25, -0.2) is 10.2 Å². The van der Waals surface area contributed by atoms with Gasteiger partial charge in [-0.1, -0.05) is 11.6 Å². The first kappa shape index (κ1) is 19.7. The van der Waals surface area contributed by atoms with Crippen molar-refractivity contribution in [2.45, 2.75) is 18.9 Å². The van der Waals surface area contributed by atoms with Crippen LogP contribution in [-0.2, 0) is 19.1 Å². The van der Waals surface area contributed by atoms with Gasteiger partial charge in [0, 0.05) is 23.7 Å². The third-order valence-electron chi connectivity index (χ3n) is 3.41. The van der Waals surface area contributed by atoms with Gasteiger partial charge in [0.1, 0.15) is 5.75 Å². The molecule has 1 aliphatic heterocycles. The lowest BCUT2D eigenvalue weighted by Gasteiger charge is -2.09. The van der Waals surface area contributed by atoms with E-state index < -0.39 is 24.4 Å². The normalized spacial score (nSPS) is 16.4. The Balaban J connectivity index is 1.87. The van der Waals surface area contributed by atoms with Crippen LogP contribution in [0, 0.1) is 0 Å². The molecular formula is C16H18ClN3O6. The molecule has 2 rings (SSSR count). The number of ether oxygens (including phenoxy) is 2. The van der Waals surface area contributed by atoms with Crippen LogP contribution in [0.3, 0.4) is 0 Å². The average molecular weight is 384 g/mol. The highest BCUT2D eigenvalue weighted by molar-refractivity contribution is 6.35. The van der Waals surface area contributed by atoms with Gasteiger partial charge in [0.25, 0.3) is 0 Å². The molecule has 0 aromatic heterocycles. The first-order chi connectivity index (χ1) is 12.5. The average Bonchev–Trinajstić information content (AvgIpc) is 3.12. The van der Waals surface area contributed by atoms with Crippen molar-refractivity contribution < 1.29 is 29.0 Å². The fourth-order valence-corrected chi connectivity index (χ4v) is 2.38. The molecule has 0 unspecified atom stereocenters. The van der Waals surface area contributed by atoms with E-state index in [1.165, 1.54) is 24.4 Å². The van der Waals surface area contributed by atoms with Crippen molar-refractivity contribution in [3.63, 3.8) is 0 Å². The van der Waals surface area contributed by atoms with Crippen LogP contribution in [0.1, 0.15) is 18.4 Å². The molecule has 1 aliphatic rings. The smallest absolute Gasteiger partial charge is 0.341 e. The van der Waals surface area contributed by atoms with Gasteiger partial charge in [-0.15, -0.1) is 0 Å². The second-order valence-corrected chi connectivity index (χ2v) is 5.85. The Morgan fingerprint density at radius 3 is 2.88 bits per heavy atom.